The Balaban J connectivity index is 1.05. The summed E-state index contributed by atoms with van der Waals surface area (Å²) in [5.41, 5.74) is 13.9. The summed E-state index contributed by atoms with van der Waals surface area (Å²) < 4.78 is 6.22. The van der Waals surface area contributed by atoms with E-state index < -0.39 is 0 Å². The van der Waals surface area contributed by atoms with Crippen molar-refractivity contribution in [3.8, 4) is 55.6 Å². The minimum atomic E-state index is 0.906. The van der Waals surface area contributed by atoms with Crippen LogP contribution in [0, 0.1) is 0 Å². The second-order valence-electron chi connectivity index (χ2n) is 15.6. The SMILES string of the molecule is c1ccc2cc(-c3ccc(-c4c5ccccc5c(-c5ccc(-c6ccc7ccccc7c6)cc5)c5cc(-c6ccc7oc8ccccc8c7c6)ccc45)cc3)ccc2c1. The molecular weight excluding hydrogens is 713 g/mol. The number of hydrogen-bond donors (Lipinski definition) is 0. The Hall–Kier alpha value is -7.74. The zero-order valence-electron chi connectivity index (χ0n) is 32.2. The van der Waals surface area contributed by atoms with Crippen LogP contribution in [-0.4, -0.2) is 0 Å². The molecule has 0 bridgehead atoms. The smallest absolute Gasteiger partial charge is 0.135 e. The highest BCUT2D eigenvalue weighted by atomic mass is 16.3. The van der Waals surface area contributed by atoms with Gasteiger partial charge in [-0.05, 0) is 135 Å². The van der Waals surface area contributed by atoms with Crippen molar-refractivity contribution in [2.45, 2.75) is 0 Å². The lowest BCUT2D eigenvalue weighted by molar-refractivity contribution is 0.669. The molecule has 0 amide bonds. The van der Waals surface area contributed by atoms with Crippen LogP contribution in [0.4, 0.5) is 0 Å². The zero-order valence-corrected chi connectivity index (χ0v) is 32.2. The number of hydrogen-bond acceptors (Lipinski definition) is 1. The highest BCUT2D eigenvalue weighted by Gasteiger charge is 2.19. The maximum Gasteiger partial charge on any atom is 0.135 e. The van der Waals surface area contributed by atoms with E-state index in [9.17, 15) is 0 Å². The van der Waals surface area contributed by atoms with Crippen LogP contribution < -0.4 is 0 Å². The van der Waals surface area contributed by atoms with Gasteiger partial charge in [-0.25, -0.2) is 0 Å². The van der Waals surface area contributed by atoms with Gasteiger partial charge >= 0.3 is 0 Å². The lowest BCUT2D eigenvalue weighted by Gasteiger charge is -2.19. The van der Waals surface area contributed by atoms with Crippen LogP contribution in [0.15, 0.2) is 223 Å². The standard InChI is InChI=1S/C58H36O/c1-3-11-43-33-45(27-21-37(43)9-1)39-17-23-41(24-18-39)57-50-14-5-6-15-51(50)58(42-25-19-40(20-26-42)46-28-22-38-10-2-4-12-44(38)34-46)54-36-47(29-31-52(54)57)48-30-32-56-53(35-48)49-13-7-8-16-55(49)59-56/h1-36H. The Bertz CT molecular complexity index is 3590. The van der Waals surface area contributed by atoms with E-state index in [0.717, 1.165) is 27.5 Å². The fourth-order valence-corrected chi connectivity index (χ4v) is 9.28. The first-order valence-corrected chi connectivity index (χ1v) is 20.3. The highest BCUT2D eigenvalue weighted by Crippen LogP contribution is 2.46. The molecule has 59 heavy (non-hydrogen) atoms. The van der Waals surface area contributed by atoms with Crippen molar-refractivity contribution in [2.24, 2.45) is 0 Å². The molecule has 0 aliphatic heterocycles. The molecule has 0 spiro atoms. The minimum absolute atomic E-state index is 0.906. The monoisotopic (exact) mass is 748 g/mol. The largest absolute Gasteiger partial charge is 0.456 e. The predicted molar refractivity (Wildman–Crippen MR) is 251 cm³/mol. The molecule has 1 nitrogen and oxygen atoms in total. The van der Waals surface area contributed by atoms with Crippen LogP contribution in [0.25, 0.3) is 121 Å². The molecule has 0 fully saturated rings. The molecule has 12 aromatic rings. The first-order chi connectivity index (χ1) is 29.2. The summed E-state index contributed by atoms with van der Waals surface area (Å²) in [6.07, 6.45) is 0. The van der Waals surface area contributed by atoms with Crippen LogP contribution in [-0.2, 0) is 0 Å². The van der Waals surface area contributed by atoms with Crippen LogP contribution in [0.3, 0.4) is 0 Å². The lowest BCUT2D eigenvalue weighted by atomic mass is 9.84. The Labute approximate surface area is 342 Å². The molecule has 0 atom stereocenters. The summed E-state index contributed by atoms with van der Waals surface area (Å²) in [4.78, 5) is 0. The van der Waals surface area contributed by atoms with Crippen molar-refractivity contribution in [3.63, 3.8) is 0 Å². The van der Waals surface area contributed by atoms with Gasteiger partial charge in [0.25, 0.3) is 0 Å². The highest BCUT2D eigenvalue weighted by molar-refractivity contribution is 6.22. The molecule has 0 radical (unpaired) electrons. The topological polar surface area (TPSA) is 13.1 Å². The molecule has 274 valence electrons. The molecule has 1 heterocycles. The molecule has 0 saturated carbocycles. The van der Waals surface area contributed by atoms with E-state index in [-0.39, 0.29) is 0 Å². The first-order valence-electron chi connectivity index (χ1n) is 20.3. The number of benzene rings is 11. The number of fused-ring (bicyclic) bond motifs is 7. The molecule has 0 N–H and O–H groups in total. The fourth-order valence-electron chi connectivity index (χ4n) is 9.28. The van der Waals surface area contributed by atoms with E-state index >= 15 is 0 Å². The Kier molecular flexibility index (Phi) is 7.61. The van der Waals surface area contributed by atoms with Gasteiger partial charge < -0.3 is 4.42 Å². The van der Waals surface area contributed by atoms with Gasteiger partial charge in [0.1, 0.15) is 11.2 Å². The molecule has 0 aliphatic carbocycles. The van der Waals surface area contributed by atoms with Gasteiger partial charge in [0.2, 0.25) is 0 Å². The zero-order chi connectivity index (χ0) is 38.9. The van der Waals surface area contributed by atoms with Crippen molar-refractivity contribution < 1.29 is 4.42 Å². The fraction of sp³-hybridized carbons (Fsp3) is 0. The van der Waals surface area contributed by atoms with Crippen molar-refractivity contribution >= 4 is 65.0 Å². The Morgan fingerprint density at radius 3 is 1.17 bits per heavy atom. The maximum absolute atomic E-state index is 6.22. The third-order valence-electron chi connectivity index (χ3n) is 12.2. The summed E-state index contributed by atoms with van der Waals surface area (Å²) in [5, 5.41) is 12.2. The normalized spacial score (nSPS) is 11.7. The van der Waals surface area contributed by atoms with E-state index in [2.05, 4.69) is 206 Å². The van der Waals surface area contributed by atoms with Gasteiger partial charge in [-0.15, -0.1) is 0 Å². The quantitative estimate of drug-likeness (QED) is 0.160. The van der Waals surface area contributed by atoms with Crippen LogP contribution >= 0.6 is 0 Å². The summed E-state index contributed by atoms with van der Waals surface area (Å²) in [6.45, 7) is 0. The van der Waals surface area contributed by atoms with Crippen molar-refractivity contribution in [3.05, 3.63) is 218 Å². The molecule has 1 heteroatoms. The minimum Gasteiger partial charge on any atom is -0.456 e. The van der Waals surface area contributed by atoms with Crippen LogP contribution in [0.2, 0.25) is 0 Å². The summed E-state index contributed by atoms with van der Waals surface area (Å²) >= 11 is 0. The van der Waals surface area contributed by atoms with Gasteiger partial charge in [0.05, 0.1) is 0 Å². The van der Waals surface area contributed by atoms with E-state index in [1.807, 2.05) is 12.1 Å². The molecule has 0 saturated heterocycles. The number of para-hydroxylation sites is 1. The van der Waals surface area contributed by atoms with Gasteiger partial charge in [-0.3, -0.25) is 0 Å². The third kappa shape index (κ3) is 5.62. The van der Waals surface area contributed by atoms with E-state index in [0.29, 0.717) is 0 Å². The predicted octanol–water partition coefficient (Wildman–Crippen LogP) is 16.5. The average Bonchev–Trinajstić information content (AvgIpc) is 3.68. The van der Waals surface area contributed by atoms with Gasteiger partial charge in [0.15, 0.2) is 0 Å². The summed E-state index contributed by atoms with van der Waals surface area (Å²) in [6, 6.07) is 79.8. The molecule has 12 rings (SSSR count). The molecule has 1 aromatic heterocycles. The summed E-state index contributed by atoms with van der Waals surface area (Å²) in [7, 11) is 0. The average molecular weight is 749 g/mol. The first kappa shape index (κ1) is 33.4. The van der Waals surface area contributed by atoms with Crippen molar-refractivity contribution in [1.29, 1.82) is 0 Å². The van der Waals surface area contributed by atoms with E-state index in [1.165, 1.54) is 93.2 Å². The molecule has 0 aliphatic rings. The van der Waals surface area contributed by atoms with Gasteiger partial charge in [0, 0.05) is 10.8 Å². The number of furan rings is 1. The van der Waals surface area contributed by atoms with Gasteiger partial charge in [-0.1, -0.05) is 182 Å². The number of rotatable bonds is 5. The maximum atomic E-state index is 6.22. The van der Waals surface area contributed by atoms with Crippen molar-refractivity contribution in [1.82, 2.24) is 0 Å². The van der Waals surface area contributed by atoms with Crippen molar-refractivity contribution in [2.75, 3.05) is 0 Å². The van der Waals surface area contributed by atoms with E-state index in [4.69, 9.17) is 4.42 Å². The second kappa shape index (κ2) is 13.4. The van der Waals surface area contributed by atoms with Gasteiger partial charge in [-0.2, -0.15) is 0 Å². The third-order valence-corrected chi connectivity index (χ3v) is 12.2. The lowest BCUT2D eigenvalue weighted by Crippen LogP contribution is -1.92. The second-order valence-corrected chi connectivity index (χ2v) is 15.6. The van der Waals surface area contributed by atoms with E-state index in [1.54, 1.807) is 0 Å². The molecular formula is C58H36O. The molecule has 11 aromatic carbocycles. The van der Waals surface area contributed by atoms with Crippen LogP contribution in [0.1, 0.15) is 0 Å². The Morgan fingerprint density at radius 1 is 0.203 bits per heavy atom. The summed E-state index contributed by atoms with van der Waals surface area (Å²) in [5.74, 6) is 0. The molecule has 0 unspecified atom stereocenters. The Morgan fingerprint density at radius 2 is 0.576 bits per heavy atom. The van der Waals surface area contributed by atoms with Crippen LogP contribution in [0.5, 0.6) is 0 Å².